The molecule has 15 heavy (non-hydrogen) atoms. The summed E-state index contributed by atoms with van der Waals surface area (Å²) in [7, 11) is 0. The lowest BCUT2D eigenvalue weighted by molar-refractivity contribution is -0.115. The van der Waals surface area contributed by atoms with Crippen LogP contribution in [0.3, 0.4) is 0 Å². The molecule has 1 unspecified atom stereocenters. The highest BCUT2D eigenvalue weighted by molar-refractivity contribution is 5.99. The molecule has 0 saturated carbocycles. The highest BCUT2D eigenvalue weighted by Gasteiger charge is 2.51. The quantitative estimate of drug-likeness (QED) is 0.556. The van der Waals surface area contributed by atoms with Crippen molar-refractivity contribution in [2.45, 2.75) is 25.6 Å². The van der Waals surface area contributed by atoms with Gasteiger partial charge in [0.1, 0.15) is 6.10 Å². The third-order valence-corrected chi connectivity index (χ3v) is 2.49. The molecule has 0 spiro atoms. The maximum Gasteiger partial charge on any atom is 0.187 e. The van der Waals surface area contributed by atoms with Crippen LogP contribution in [0.1, 0.15) is 19.4 Å². The predicted octanol–water partition coefficient (Wildman–Crippen LogP) is 2.45. The predicted molar refractivity (Wildman–Crippen MR) is 59.4 cm³/mol. The lowest BCUT2D eigenvalue weighted by Crippen LogP contribution is -2.11. The highest BCUT2D eigenvalue weighted by Crippen LogP contribution is 2.36. The molecule has 1 aromatic rings. The first kappa shape index (κ1) is 10.1. The molecule has 0 amide bonds. The molecule has 1 aliphatic rings. The second kappa shape index (κ2) is 3.63. The molecule has 1 atom stereocenters. The van der Waals surface area contributed by atoms with Crippen LogP contribution in [-0.4, -0.2) is 17.5 Å². The van der Waals surface area contributed by atoms with E-state index in [1.165, 1.54) is 0 Å². The number of ether oxygens (including phenoxy) is 1. The fourth-order valence-electron chi connectivity index (χ4n) is 1.50. The van der Waals surface area contributed by atoms with Crippen molar-refractivity contribution in [1.29, 1.82) is 0 Å². The maximum absolute atomic E-state index is 11.6. The van der Waals surface area contributed by atoms with Gasteiger partial charge in [-0.2, -0.15) is 0 Å². The first-order chi connectivity index (χ1) is 7.09. The van der Waals surface area contributed by atoms with Gasteiger partial charge in [-0.3, -0.25) is 4.79 Å². The van der Waals surface area contributed by atoms with E-state index in [1.54, 1.807) is 6.08 Å². The summed E-state index contributed by atoms with van der Waals surface area (Å²) < 4.78 is 5.25. The Kier molecular flexibility index (Phi) is 2.45. The lowest BCUT2D eigenvalue weighted by Gasteiger charge is -1.92. The minimum atomic E-state index is -0.266. The van der Waals surface area contributed by atoms with Crippen LogP contribution in [0.5, 0.6) is 0 Å². The summed E-state index contributed by atoms with van der Waals surface area (Å²) >= 11 is 0. The molecule has 78 valence electrons. The Bertz CT molecular complexity index is 390. The zero-order valence-corrected chi connectivity index (χ0v) is 8.94. The Morgan fingerprint density at radius 3 is 2.47 bits per heavy atom. The van der Waals surface area contributed by atoms with Crippen molar-refractivity contribution < 1.29 is 9.53 Å². The van der Waals surface area contributed by atoms with Gasteiger partial charge in [0.15, 0.2) is 5.78 Å². The van der Waals surface area contributed by atoms with Crippen molar-refractivity contribution in [3.63, 3.8) is 0 Å². The first-order valence-electron chi connectivity index (χ1n) is 5.04. The van der Waals surface area contributed by atoms with Crippen LogP contribution in [0.25, 0.3) is 6.08 Å². The average molecular weight is 202 g/mol. The fourth-order valence-corrected chi connectivity index (χ4v) is 1.50. The van der Waals surface area contributed by atoms with Gasteiger partial charge in [-0.25, -0.2) is 0 Å². The summed E-state index contributed by atoms with van der Waals surface area (Å²) in [4.78, 5) is 11.6. The van der Waals surface area contributed by atoms with Crippen LogP contribution in [0.15, 0.2) is 36.4 Å². The largest absolute Gasteiger partial charge is 0.358 e. The average Bonchev–Trinajstić information content (AvgIpc) is 2.86. The molecule has 1 aromatic carbocycles. The van der Waals surface area contributed by atoms with E-state index < -0.39 is 0 Å². The normalized spacial score (nSPS) is 22.9. The zero-order chi connectivity index (χ0) is 10.9. The van der Waals surface area contributed by atoms with E-state index in [4.69, 9.17) is 4.74 Å². The maximum atomic E-state index is 11.6. The Labute approximate surface area is 89.6 Å². The van der Waals surface area contributed by atoms with E-state index in [0.29, 0.717) is 0 Å². The summed E-state index contributed by atoms with van der Waals surface area (Å²) in [6.45, 7) is 3.85. The topological polar surface area (TPSA) is 29.6 Å². The second-order valence-electron chi connectivity index (χ2n) is 4.25. The summed E-state index contributed by atoms with van der Waals surface area (Å²) in [5, 5.41) is 0. The number of benzene rings is 1. The fraction of sp³-hybridized carbons (Fsp3) is 0.308. The van der Waals surface area contributed by atoms with Crippen LogP contribution in [0.4, 0.5) is 0 Å². The third kappa shape index (κ3) is 2.34. The van der Waals surface area contributed by atoms with Gasteiger partial charge in [0.25, 0.3) is 0 Å². The van der Waals surface area contributed by atoms with Crippen LogP contribution in [0, 0.1) is 0 Å². The Balaban J connectivity index is 1.99. The summed E-state index contributed by atoms with van der Waals surface area (Å²) in [5.41, 5.74) is 0.766. The number of hydrogen-bond donors (Lipinski definition) is 0. The van der Waals surface area contributed by atoms with Gasteiger partial charge in [0, 0.05) is 0 Å². The van der Waals surface area contributed by atoms with Crippen LogP contribution in [0.2, 0.25) is 0 Å². The highest BCUT2D eigenvalue weighted by atomic mass is 16.6. The third-order valence-electron chi connectivity index (χ3n) is 2.49. The molecule has 0 radical (unpaired) electrons. The molecule has 1 saturated heterocycles. The van der Waals surface area contributed by atoms with Gasteiger partial charge in [0.2, 0.25) is 0 Å². The number of ketones is 1. The molecule has 1 aliphatic heterocycles. The van der Waals surface area contributed by atoms with E-state index in [9.17, 15) is 4.79 Å². The van der Waals surface area contributed by atoms with E-state index >= 15 is 0 Å². The molecular weight excluding hydrogens is 188 g/mol. The molecule has 1 heterocycles. The molecule has 0 aliphatic carbocycles. The van der Waals surface area contributed by atoms with Gasteiger partial charge in [-0.15, -0.1) is 0 Å². The summed E-state index contributed by atoms with van der Waals surface area (Å²) in [6.07, 6.45) is 3.16. The van der Waals surface area contributed by atoms with Crippen LogP contribution >= 0.6 is 0 Å². The summed E-state index contributed by atoms with van der Waals surface area (Å²) in [5.74, 6) is 0.0452. The number of rotatable bonds is 3. The zero-order valence-electron chi connectivity index (χ0n) is 8.94. The molecule has 1 fully saturated rings. The van der Waals surface area contributed by atoms with Crippen molar-refractivity contribution in [2.24, 2.45) is 0 Å². The molecule has 2 nitrogen and oxygen atoms in total. The van der Waals surface area contributed by atoms with Gasteiger partial charge in [0.05, 0.1) is 5.60 Å². The van der Waals surface area contributed by atoms with Gasteiger partial charge < -0.3 is 4.74 Å². The molecule has 0 N–H and O–H groups in total. The van der Waals surface area contributed by atoms with Crippen LogP contribution in [-0.2, 0) is 9.53 Å². The Morgan fingerprint density at radius 2 is 1.93 bits per heavy atom. The SMILES string of the molecule is CC1(C)OC1C(=O)/C=C/c1ccccc1. The minimum Gasteiger partial charge on any atom is -0.358 e. The van der Waals surface area contributed by atoms with Crippen molar-refractivity contribution in [2.75, 3.05) is 0 Å². The van der Waals surface area contributed by atoms with E-state index in [0.717, 1.165) is 5.56 Å². The summed E-state index contributed by atoms with van der Waals surface area (Å²) in [6, 6.07) is 9.76. The smallest absolute Gasteiger partial charge is 0.187 e. The number of epoxide rings is 1. The minimum absolute atomic E-state index is 0.0452. The monoisotopic (exact) mass is 202 g/mol. The number of carbonyl (C=O) groups is 1. The molecular formula is C13H14O2. The second-order valence-corrected chi connectivity index (χ2v) is 4.25. The number of carbonyl (C=O) groups excluding carboxylic acids is 1. The lowest BCUT2D eigenvalue weighted by atomic mass is 10.1. The molecule has 2 rings (SSSR count). The van der Waals surface area contributed by atoms with E-state index in [2.05, 4.69) is 0 Å². The number of hydrogen-bond acceptors (Lipinski definition) is 2. The van der Waals surface area contributed by atoms with Gasteiger partial charge >= 0.3 is 0 Å². The van der Waals surface area contributed by atoms with Gasteiger partial charge in [-0.05, 0) is 25.5 Å². The van der Waals surface area contributed by atoms with Gasteiger partial charge in [-0.1, -0.05) is 36.4 Å². The van der Waals surface area contributed by atoms with E-state index in [1.807, 2.05) is 50.3 Å². The standard InChI is InChI=1S/C13H14O2/c1-13(2)12(15-13)11(14)9-8-10-6-4-3-5-7-10/h3-9,12H,1-2H3/b9-8+. The van der Waals surface area contributed by atoms with Crippen molar-refractivity contribution in [3.8, 4) is 0 Å². The Hall–Kier alpha value is -1.41. The van der Waals surface area contributed by atoms with Crippen molar-refractivity contribution in [1.82, 2.24) is 0 Å². The first-order valence-corrected chi connectivity index (χ1v) is 5.04. The van der Waals surface area contributed by atoms with Crippen molar-refractivity contribution >= 4 is 11.9 Å². The molecule has 0 aromatic heterocycles. The Morgan fingerprint density at radius 1 is 1.33 bits per heavy atom. The molecule has 0 bridgehead atoms. The van der Waals surface area contributed by atoms with Crippen LogP contribution < -0.4 is 0 Å². The van der Waals surface area contributed by atoms with E-state index in [-0.39, 0.29) is 17.5 Å². The van der Waals surface area contributed by atoms with Crippen molar-refractivity contribution in [3.05, 3.63) is 42.0 Å². The molecule has 2 heteroatoms.